The number of benzene rings is 1. The lowest BCUT2D eigenvalue weighted by molar-refractivity contribution is -0.127. The number of hydrogen-bond acceptors (Lipinski definition) is 3. The lowest BCUT2D eigenvalue weighted by Gasteiger charge is -2.16. The van der Waals surface area contributed by atoms with Crippen molar-refractivity contribution in [3.63, 3.8) is 0 Å². The zero-order valence-electron chi connectivity index (χ0n) is 18.7. The molecule has 170 valence electrons. The van der Waals surface area contributed by atoms with Gasteiger partial charge in [-0.05, 0) is 31.2 Å². The fourth-order valence-electron chi connectivity index (χ4n) is 3.36. The Hall–Kier alpha value is -1.35. The normalized spacial score (nSPS) is 16.7. The van der Waals surface area contributed by atoms with E-state index in [0.29, 0.717) is 24.8 Å². The second kappa shape index (κ2) is 15.5. The monoisotopic (exact) mass is 530 g/mol. The Morgan fingerprint density at radius 2 is 2.03 bits per heavy atom. The molecule has 0 radical (unpaired) electrons. The molecule has 1 amide bonds. The molecule has 1 atom stereocenters. The quantitative estimate of drug-likeness (QED) is 0.188. The van der Waals surface area contributed by atoms with Gasteiger partial charge >= 0.3 is 0 Å². The number of halogens is 1. The van der Waals surface area contributed by atoms with Gasteiger partial charge in [-0.1, -0.05) is 44.2 Å². The summed E-state index contributed by atoms with van der Waals surface area (Å²) in [6, 6.07) is 10.3. The van der Waals surface area contributed by atoms with Gasteiger partial charge in [-0.25, -0.2) is 0 Å². The van der Waals surface area contributed by atoms with E-state index in [0.717, 1.165) is 58.2 Å². The Morgan fingerprint density at radius 1 is 1.27 bits per heavy atom. The van der Waals surface area contributed by atoms with E-state index in [4.69, 9.17) is 9.73 Å². The number of rotatable bonds is 12. The summed E-state index contributed by atoms with van der Waals surface area (Å²) in [6.45, 7) is 11.9. The van der Waals surface area contributed by atoms with Crippen LogP contribution >= 0.6 is 24.0 Å². The fourth-order valence-corrected chi connectivity index (χ4v) is 3.36. The van der Waals surface area contributed by atoms with E-state index in [1.807, 2.05) is 23.1 Å². The number of amides is 1. The van der Waals surface area contributed by atoms with Gasteiger partial charge in [-0.2, -0.15) is 0 Å². The van der Waals surface area contributed by atoms with Crippen LogP contribution in [0, 0.1) is 11.8 Å². The Bertz CT molecular complexity index is 625. The Balaban J connectivity index is 0.00000450. The third-order valence-electron chi connectivity index (χ3n) is 4.87. The maximum Gasteiger partial charge on any atom is 0.223 e. The van der Waals surface area contributed by atoms with Gasteiger partial charge in [-0.15, -0.1) is 24.0 Å². The van der Waals surface area contributed by atoms with Crippen molar-refractivity contribution in [3.05, 3.63) is 35.9 Å². The van der Waals surface area contributed by atoms with E-state index < -0.39 is 0 Å². The average molecular weight is 530 g/mol. The van der Waals surface area contributed by atoms with Gasteiger partial charge < -0.3 is 20.3 Å². The first-order valence-electron chi connectivity index (χ1n) is 11.0. The molecular weight excluding hydrogens is 491 g/mol. The summed E-state index contributed by atoms with van der Waals surface area (Å²) in [5.41, 5.74) is 1.28. The molecule has 0 spiro atoms. The van der Waals surface area contributed by atoms with E-state index in [-0.39, 0.29) is 29.9 Å². The third kappa shape index (κ3) is 10.6. The minimum atomic E-state index is 0. The molecule has 1 aromatic carbocycles. The summed E-state index contributed by atoms with van der Waals surface area (Å²) < 4.78 is 5.61. The van der Waals surface area contributed by atoms with E-state index in [9.17, 15) is 4.79 Å². The summed E-state index contributed by atoms with van der Waals surface area (Å²) in [6.07, 6.45) is 2.46. The van der Waals surface area contributed by atoms with Crippen LogP contribution in [0.3, 0.4) is 0 Å². The van der Waals surface area contributed by atoms with Crippen LogP contribution in [-0.4, -0.2) is 62.7 Å². The molecule has 0 aliphatic carbocycles. The van der Waals surface area contributed by atoms with Crippen molar-refractivity contribution in [1.82, 2.24) is 15.5 Å². The van der Waals surface area contributed by atoms with Crippen LogP contribution in [0.15, 0.2) is 35.3 Å². The maximum atomic E-state index is 12.3. The first-order valence-corrected chi connectivity index (χ1v) is 11.0. The molecule has 0 bridgehead atoms. The van der Waals surface area contributed by atoms with Crippen LogP contribution in [-0.2, 0) is 16.0 Å². The maximum absolute atomic E-state index is 12.3. The van der Waals surface area contributed by atoms with Crippen LogP contribution in [0.5, 0.6) is 0 Å². The largest absolute Gasteiger partial charge is 0.381 e. The molecule has 1 aromatic rings. The Morgan fingerprint density at radius 3 is 2.73 bits per heavy atom. The van der Waals surface area contributed by atoms with Gasteiger partial charge in [0, 0.05) is 58.3 Å². The second-order valence-electron chi connectivity index (χ2n) is 8.11. The van der Waals surface area contributed by atoms with E-state index in [1.54, 1.807) is 0 Å². The number of nitrogens with zero attached hydrogens (tertiary/aromatic N) is 2. The van der Waals surface area contributed by atoms with Gasteiger partial charge in [0.2, 0.25) is 5.91 Å². The number of hydrogen-bond donors (Lipinski definition) is 2. The predicted octanol–water partition coefficient (Wildman–Crippen LogP) is 3.31. The van der Waals surface area contributed by atoms with Crippen LogP contribution in [0.2, 0.25) is 0 Å². The minimum Gasteiger partial charge on any atom is -0.381 e. The van der Waals surface area contributed by atoms with Crippen molar-refractivity contribution in [1.29, 1.82) is 0 Å². The first-order chi connectivity index (χ1) is 14.1. The number of carbonyl (C=O) groups excluding carboxylic acids is 1. The molecule has 30 heavy (non-hydrogen) atoms. The number of carbonyl (C=O) groups is 1. The third-order valence-corrected chi connectivity index (χ3v) is 4.87. The van der Waals surface area contributed by atoms with Gasteiger partial charge in [0.15, 0.2) is 5.96 Å². The summed E-state index contributed by atoms with van der Waals surface area (Å²) in [7, 11) is 0. The van der Waals surface area contributed by atoms with Gasteiger partial charge in [0.05, 0.1) is 0 Å². The van der Waals surface area contributed by atoms with Crippen molar-refractivity contribution in [2.24, 2.45) is 16.8 Å². The van der Waals surface area contributed by atoms with Gasteiger partial charge in [0.1, 0.15) is 0 Å². The molecule has 1 saturated heterocycles. The van der Waals surface area contributed by atoms with Crippen LogP contribution in [0.25, 0.3) is 0 Å². The molecule has 2 N–H and O–H groups in total. The molecule has 0 aromatic heterocycles. The lowest BCUT2D eigenvalue weighted by atomic mass is 10.1. The highest BCUT2D eigenvalue weighted by Gasteiger charge is 2.28. The van der Waals surface area contributed by atoms with Gasteiger partial charge in [0.25, 0.3) is 0 Å². The average Bonchev–Trinajstić information content (AvgIpc) is 3.07. The summed E-state index contributed by atoms with van der Waals surface area (Å²) in [5.74, 6) is 1.94. The Labute approximate surface area is 199 Å². The van der Waals surface area contributed by atoms with Crippen LogP contribution < -0.4 is 10.6 Å². The highest BCUT2D eigenvalue weighted by atomic mass is 127. The molecule has 2 rings (SSSR count). The zero-order chi connectivity index (χ0) is 20.9. The van der Waals surface area contributed by atoms with E-state index in [1.165, 1.54) is 5.56 Å². The van der Waals surface area contributed by atoms with Crippen LogP contribution in [0.1, 0.15) is 39.2 Å². The fraction of sp³-hybridized carbons (Fsp3) is 0.652. The Kier molecular flexibility index (Phi) is 13.7. The number of nitrogens with one attached hydrogen (secondary N) is 2. The summed E-state index contributed by atoms with van der Waals surface area (Å²) in [4.78, 5) is 19.0. The molecule has 6 nitrogen and oxygen atoms in total. The summed E-state index contributed by atoms with van der Waals surface area (Å²) >= 11 is 0. The standard InChI is InChI=1S/C23H38N4O2.HI/c1-4-24-23(25-12-8-14-29-18-19(2)3)26-16-21-15-22(28)27(17-21)13-11-20-9-6-5-7-10-20;/h5-7,9-10,19,21H,4,8,11-18H2,1-3H3,(H2,24,25,26);1H. The number of likely N-dealkylation sites (tertiary alicyclic amines) is 1. The lowest BCUT2D eigenvalue weighted by Crippen LogP contribution is -2.38. The van der Waals surface area contributed by atoms with E-state index in [2.05, 4.69) is 43.5 Å². The topological polar surface area (TPSA) is 66.0 Å². The molecule has 1 aliphatic heterocycles. The van der Waals surface area contributed by atoms with Crippen molar-refractivity contribution < 1.29 is 9.53 Å². The summed E-state index contributed by atoms with van der Waals surface area (Å²) in [5, 5.41) is 6.65. The van der Waals surface area contributed by atoms with Gasteiger partial charge in [-0.3, -0.25) is 9.79 Å². The van der Waals surface area contributed by atoms with E-state index >= 15 is 0 Å². The highest BCUT2D eigenvalue weighted by Crippen LogP contribution is 2.18. The van der Waals surface area contributed by atoms with Crippen molar-refractivity contribution >= 4 is 35.8 Å². The molecule has 7 heteroatoms. The predicted molar refractivity (Wildman–Crippen MR) is 135 cm³/mol. The number of ether oxygens (including phenoxy) is 1. The van der Waals surface area contributed by atoms with Crippen molar-refractivity contribution in [3.8, 4) is 0 Å². The van der Waals surface area contributed by atoms with Crippen molar-refractivity contribution in [2.45, 2.75) is 40.0 Å². The molecule has 0 saturated carbocycles. The smallest absolute Gasteiger partial charge is 0.223 e. The second-order valence-corrected chi connectivity index (χ2v) is 8.11. The minimum absolute atomic E-state index is 0. The molecule has 1 fully saturated rings. The van der Waals surface area contributed by atoms with Crippen molar-refractivity contribution in [2.75, 3.05) is 45.9 Å². The zero-order valence-corrected chi connectivity index (χ0v) is 21.1. The number of aliphatic imine (C=N–C) groups is 1. The molecule has 1 aliphatic rings. The van der Waals surface area contributed by atoms with Crippen LogP contribution in [0.4, 0.5) is 0 Å². The molecule has 1 unspecified atom stereocenters. The molecule has 1 heterocycles. The highest BCUT2D eigenvalue weighted by molar-refractivity contribution is 14.0. The SMILES string of the molecule is CCNC(=NCC1CC(=O)N(CCc2ccccc2)C1)NCCCOCC(C)C.I. The first kappa shape index (κ1) is 26.7. The molecular formula is C23H39IN4O2. The number of guanidine groups is 1.